The fraction of sp³-hybridized carbons (Fsp3) is 0.214. The topological polar surface area (TPSA) is 12.9 Å². The molecule has 0 atom stereocenters. The molecule has 0 spiro atoms. The van der Waals surface area contributed by atoms with Crippen LogP contribution in [0.2, 0.25) is 0 Å². The van der Waals surface area contributed by atoms with Gasteiger partial charge >= 0.3 is 0 Å². The molecule has 1 aromatic heterocycles. The molecule has 0 saturated carbocycles. The lowest BCUT2D eigenvalue weighted by Gasteiger charge is -2.10. The van der Waals surface area contributed by atoms with Gasteiger partial charge in [-0.25, -0.2) is 4.39 Å². The second-order valence-corrected chi connectivity index (χ2v) is 4.02. The van der Waals surface area contributed by atoms with Crippen LogP contribution < -0.4 is 0 Å². The molecule has 2 heteroatoms. The molecule has 2 aromatic rings. The highest BCUT2D eigenvalue weighted by Crippen LogP contribution is 2.27. The van der Waals surface area contributed by atoms with Crippen LogP contribution in [0, 0.1) is 18.2 Å². The molecule has 0 fully saturated rings. The number of rotatable bonds is 1. The molecule has 0 amide bonds. The van der Waals surface area contributed by atoms with Gasteiger partial charge in [0.05, 0.1) is 11.3 Å². The van der Waals surface area contributed by atoms with Crippen LogP contribution in [0.3, 0.4) is 0 Å². The number of pyridine rings is 1. The maximum atomic E-state index is 13.6. The predicted molar refractivity (Wildman–Crippen MR) is 63.7 cm³/mol. The summed E-state index contributed by atoms with van der Waals surface area (Å²) in [5.74, 6) is 2.28. The molecule has 0 radical (unpaired) electrons. The summed E-state index contributed by atoms with van der Waals surface area (Å²) in [6, 6.07) is 4.99. The van der Waals surface area contributed by atoms with Gasteiger partial charge in [0.25, 0.3) is 0 Å². The lowest BCUT2D eigenvalue weighted by Crippen LogP contribution is -1.97. The van der Waals surface area contributed by atoms with E-state index < -0.39 is 0 Å². The largest absolute Gasteiger partial charge is 0.260 e. The molecular formula is C14H12FN. The number of hydrogen-bond donors (Lipinski definition) is 0. The Morgan fingerprint density at radius 1 is 1.31 bits per heavy atom. The highest BCUT2D eigenvalue weighted by Gasteiger charge is 2.12. The summed E-state index contributed by atoms with van der Waals surface area (Å²) in [5.41, 5.74) is 1.17. The molecule has 2 rings (SSSR count). The van der Waals surface area contributed by atoms with E-state index in [4.69, 9.17) is 6.42 Å². The summed E-state index contributed by atoms with van der Waals surface area (Å²) in [5, 5.41) is 1.70. The van der Waals surface area contributed by atoms with Crippen molar-refractivity contribution in [3.05, 3.63) is 41.5 Å². The molecule has 16 heavy (non-hydrogen) atoms. The van der Waals surface area contributed by atoms with E-state index in [0.29, 0.717) is 5.56 Å². The summed E-state index contributed by atoms with van der Waals surface area (Å²) in [4.78, 5) is 4.29. The minimum Gasteiger partial charge on any atom is -0.260 e. The van der Waals surface area contributed by atoms with Gasteiger partial charge in [-0.3, -0.25) is 4.98 Å². The van der Waals surface area contributed by atoms with Gasteiger partial charge in [0.15, 0.2) is 0 Å². The fourth-order valence-corrected chi connectivity index (χ4v) is 1.85. The van der Waals surface area contributed by atoms with Crippen LogP contribution in [0.4, 0.5) is 4.39 Å². The highest BCUT2D eigenvalue weighted by molar-refractivity contribution is 5.90. The smallest absolute Gasteiger partial charge is 0.139 e. The first-order chi connectivity index (χ1) is 7.65. The van der Waals surface area contributed by atoms with Crippen molar-refractivity contribution in [3.63, 3.8) is 0 Å². The van der Waals surface area contributed by atoms with E-state index in [1.54, 1.807) is 12.3 Å². The zero-order valence-corrected chi connectivity index (χ0v) is 9.29. The normalized spacial score (nSPS) is 10.7. The quantitative estimate of drug-likeness (QED) is 0.661. The van der Waals surface area contributed by atoms with E-state index in [9.17, 15) is 4.39 Å². The molecular weight excluding hydrogens is 201 g/mol. The van der Waals surface area contributed by atoms with Crippen LogP contribution in [-0.2, 0) is 0 Å². The molecule has 0 N–H and O–H groups in total. The first kappa shape index (κ1) is 10.6. The van der Waals surface area contributed by atoms with Crippen molar-refractivity contribution in [2.24, 2.45) is 0 Å². The molecule has 1 aromatic carbocycles. The average molecular weight is 213 g/mol. The SMILES string of the molecule is C#Cc1c(F)ccc2ccnc(C(C)C)c12. The maximum Gasteiger partial charge on any atom is 0.139 e. The van der Waals surface area contributed by atoms with Gasteiger partial charge in [0.2, 0.25) is 0 Å². The fourth-order valence-electron chi connectivity index (χ4n) is 1.85. The van der Waals surface area contributed by atoms with Gasteiger partial charge in [-0.05, 0) is 23.4 Å². The van der Waals surface area contributed by atoms with Crippen molar-refractivity contribution in [1.82, 2.24) is 4.98 Å². The van der Waals surface area contributed by atoms with Crippen LogP contribution >= 0.6 is 0 Å². The third-order valence-electron chi connectivity index (χ3n) is 2.60. The van der Waals surface area contributed by atoms with Crippen molar-refractivity contribution in [1.29, 1.82) is 0 Å². The molecule has 80 valence electrons. The Bertz CT molecular complexity index is 579. The lowest BCUT2D eigenvalue weighted by atomic mass is 9.98. The Hall–Kier alpha value is -1.88. The second-order valence-electron chi connectivity index (χ2n) is 4.02. The Morgan fingerprint density at radius 2 is 2.06 bits per heavy atom. The first-order valence-corrected chi connectivity index (χ1v) is 5.19. The lowest BCUT2D eigenvalue weighted by molar-refractivity contribution is 0.626. The van der Waals surface area contributed by atoms with Crippen molar-refractivity contribution in [3.8, 4) is 12.3 Å². The summed E-state index contributed by atoms with van der Waals surface area (Å²) in [6.45, 7) is 4.04. The number of aromatic nitrogens is 1. The molecule has 0 aliphatic heterocycles. The first-order valence-electron chi connectivity index (χ1n) is 5.19. The highest BCUT2D eigenvalue weighted by atomic mass is 19.1. The molecule has 1 nitrogen and oxygen atoms in total. The molecule has 0 bridgehead atoms. The zero-order valence-electron chi connectivity index (χ0n) is 9.29. The van der Waals surface area contributed by atoms with Gasteiger partial charge in [-0.1, -0.05) is 25.8 Å². The van der Waals surface area contributed by atoms with E-state index in [0.717, 1.165) is 16.5 Å². The van der Waals surface area contributed by atoms with Gasteiger partial charge in [0, 0.05) is 11.6 Å². The summed E-state index contributed by atoms with van der Waals surface area (Å²) in [6.07, 6.45) is 7.10. The van der Waals surface area contributed by atoms with Crippen molar-refractivity contribution in [2.45, 2.75) is 19.8 Å². The van der Waals surface area contributed by atoms with E-state index in [2.05, 4.69) is 10.9 Å². The van der Waals surface area contributed by atoms with Crippen LogP contribution in [-0.4, -0.2) is 4.98 Å². The van der Waals surface area contributed by atoms with Crippen molar-refractivity contribution >= 4 is 10.8 Å². The van der Waals surface area contributed by atoms with Gasteiger partial charge < -0.3 is 0 Å². The number of hydrogen-bond acceptors (Lipinski definition) is 1. The average Bonchev–Trinajstić information content (AvgIpc) is 2.28. The van der Waals surface area contributed by atoms with Gasteiger partial charge in [-0.2, -0.15) is 0 Å². The summed E-state index contributed by atoms with van der Waals surface area (Å²) in [7, 11) is 0. The standard InChI is InChI=1S/C14H12FN/c1-4-11-12(15)6-5-10-7-8-16-14(9(2)3)13(10)11/h1,5-9H,2-3H3. The summed E-state index contributed by atoms with van der Waals surface area (Å²) >= 11 is 0. The van der Waals surface area contributed by atoms with Crippen LogP contribution in [0.5, 0.6) is 0 Å². The van der Waals surface area contributed by atoms with Crippen molar-refractivity contribution < 1.29 is 4.39 Å². The number of nitrogens with zero attached hydrogens (tertiary/aromatic N) is 1. The van der Waals surface area contributed by atoms with E-state index in [1.807, 2.05) is 19.9 Å². The second kappa shape index (κ2) is 3.94. The maximum absolute atomic E-state index is 13.6. The number of terminal acetylenes is 1. The predicted octanol–water partition coefficient (Wildman–Crippen LogP) is 3.48. The Balaban J connectivity index is 2.94. The van der Waals surface area contributed by atoms with E-state index in [1.165, 1.54) is 6.07 Å². The Morgan fingerprint density at radius 3 is 2.69 bits per heavy atom. The molecule has 0 aliphatic carbocycles. The van der Waals surface area contributed by atoms with Crippen molar-refractivity contribution in [2.75, 3.05) is 0 Å². The number of benzene rings is 1. The van der Waals surface area contributed by atoms with Crippen LogP contribution in [0.25, 0.3) is 10.8 Å². The molecule has 0 saturated heterocycles. The zero-order chi connectivity index (χ0) is 11.7. The van der Waals surface area contributed by atoms with Gasteiger partial charge in [-0.15, -0.1) is 6.42 Å². The van der Waals surface area contributed by atoms with E-state index in [-0.39, 0.29) is 11.7 Å². The minimum atomic E-state index is -0.357. The third-order valence-corrected chi connectivity index (χ3v) is 2.60. The minimum absolute atomic E-state index is 0.220. The third kappa shape index (κ3) is 1.55. The summed E-state index contributed by atoms with van der Waals surface area (Å²) < 4.78 is 13.6. The monoisotopic (exact) mass is 213 g/mol. The van der Waals surface area contributed by atoms with Crippen LogP contribution in [0.15, 0.2) is 24.4 Å². The van der Waals surface area contributed by atoms with E-state index >= 15 is 0 Å². The Kier molecular flexibility index (Phi) is 2.62. The van der Waals surface area contributed by atoms with Gasteiger partial charge in [0.1, 0.15) is 5.82 Å². The number of halogens is 1. The molecule has 0 unspecified atom stereocenters. The molecule has 0 aliphatic rings. The molecule has 1 heterocycles. The van der Waals surface area contributed by atoms with Crippen LogP contribution in [0.1, 0.15) is 31.0 Å². The number of fused-ring (bicyclic) bond motifs is 1. The Labute approximate surface area is 94.3 Å².